The van der Waals surface area contributed by atoms with Crippen LogP contribution in [0.1, 0.15) is 36.6 Å². The normalized spacial score (nSPS) is 22.8. The average Bonchev–Trinajstić information content (AvgIpc) is 3.43. The quantitative estimate of drug-likeness (QED) is 0.639. The molecule has 1 aromatic carbocycles. The number of rotatable bonds is 5. The highest BCUT2D eigenvalue weighted by Crippen LogP contribution is 2.39. The summed E-state index contributed by atoms with van der Waals surface area (Å²) in [6.07, 6.45) is 14.0. The molecule has 2 aliphatic carbocycles. The summed E-state index contributed by atoms with van der Waals surface area (Å²) in [5.74, 6) is 0.536. The number of allylic oxidation sites excluding steroid dienone is 4. The van der Waals surface area contributed by atoms with Gasteiger partial charge < -0.3 is 25.5 Å². The summed E-state index contributed by atoms with van der Waals surface area (Å²) in [4.78, 5) is 9.27. The molecule has 0 fully saturated rings. The molecule has 2 aliphatic heterocycles. The van der Waals surface area contributed by atoms with E-state index in [9.17, 15) is 5.11 Å². The Morgan fingerprint density at radius 1 is 1.21 bits per heavy atom. The summed E-state index contributed by atoms with van der Waals surface area (Å²) >= 11 is 0. The lowest BCUT2D eigenvalue weighted by molar-refractivity contribution is 0.176. The van der Waals surface area contributed by atoms with Crippen molar-refractivity contribution in [2.45, 2.75) is 31.8 Å². The van der Waals surface area contributed by atoms with Crippen LogP contribution < -0.4 is 20.4 Å². The molecule has 6 rings (SSSR count). The number of nitrogens with one attached hydrogen (secondary N) is 2. The first-order valence-corrected chi connectivity index (χ1v) is 12.0. The van der Waals surface area contributed by atoms with E-state index in [0.717, 1.165) is 67.9 Å². The van der Waals surface area contributed by atoms with Crippen molar-refractivity contribution >= 4 is 22.7 Å². The van der Waals surface area contributed by atoms with Crippen LogP contribution in [0.4, 0.5) is 22.7 Å². The Morgan fingerprint density at radius 2 is 2.15 bits per heavy atom. The molecule has 0 radical (unpaired) electrons. The maximum Gasteiger partial charge on any atom is 0.0966 e. The minimum atomic E-state index is -0.439. The van der Waals surface area contributed by atoms with E-state index in [1.54, 1.807) is 6.20 Å². The minimum Gasteiger partial charge on any atom is -0.387 e. The number of hydrogen-bond donors (Lipinski definition) is 3. The summed E-state index contributed by atoms with van der Waals surface area (Å²) < 4.78 is 0. The first-order chi connectivity index (χ1) is 16.2. The van der Waals surface area contributed by atoms with Crippen LogP contribution in [-0.2, 0) is 6.42 Å². The van der Waals surface area contributed by atoms with Crippen LogP contribution in [0.2, 0.25) is 0 Å². The first-order valence-electron chi connectivity index (χ1n) is 12.0. The topological polar surface area (TPSA) is 63.7 Å². The van der Waals surface area contributed by atoms with Crippen LogP contribution >= 0.6 is 0 Å². The summed E-state index contributed by atoms with van der Waals surface area (Å²) in [6.45, 7) is 3.09. The standard InChI is InChI=1S/C27H31N5O/c1-31-14-15-32(13-11-18-17-29-22-5-3-2-4-20(18)22)24-8-6-19(16-25(24)31)30-23-10-12-28-27-21(23)7-9-26(27)33/h2-3,5-6,8,10,12,16-17,20,26,29,33H,4,7,9,11,13-15H2,1H3,(H,28,30). The number of aliphatic hydroxyl groups is 1. The van der Waals surface area contributed by atoms with E-state index in [1.165, 1.54) is 22.6 Å². The highest BCUT2D eigenvalue weighted by molar-refractivity contribution is 5.79. The Labute approximate surface area is 195 Å². The van der Waals surface area contributed by atoms with Gasteiger partial charge in [-0.25, -0.2) is 0 Å². The summed E-state index contributed by atoms with van der Waals surface area (Å²) in [5, 5.41) is 17.2. The van der Waals surface area contributed by atoms with E-state index in [1.807, 2.05) is 6.07 Å². The molecule has 3 heterocycles. The monoisotopic (exact) mass is 441 g/mol. The number of benzene rings is 1. The molecule has 3 N–H and O–H groups in total. The molecule has 0 saturated carbocycles. The molecular weight excluding hydrogens is 410 g/mol. The number of likely N-dealkylation sites (N-methyl/N-ethyl adjacent to an activating group) is 1. The zero-order valence-electron chi connectivity index (χ0n) is 19.1. The van der Waals surface area contributed by atoms with Crippen molar-refractivity contribution in [1.82, 2.24) is 10.3 Å². The number of aromatic nitrogens is 1. The average molecular weight is 442 g/mol. The SMILES string of the molecule is CN1CCN(CCC2=CNC3=CC=CCC23)c2ccc(Nc3ccnc4c3CCC4O)cc21. The van der Waals surface area contributed by atoms with Gasteiger partial charge >= 0.3 is 0 Å². The van der Waals surface area contributed by atoms with E-state index in [2.05, 4.69) is 75.1 Å². The smallest absolute Gasteiger partial charge is 0.0966 e. The molecule has 4 aliphatic rings. The maximum atomic E-state index is 10.2. The van der Waals surface area contributed by atoms with Crippen LogP contribution in [0.25, 0.3) is 0 Å². The van der Waals surface area contributed by atoms with Crippen LogP contribution in [0.3, 0.4) is 0 Å². The van der Waals surface area contributed by atoms with E-state index in [-0.39, 0.29) is 0 Å². The van der Waals surface area contributed by atoms with Crippen molar-refractivity contribution < 1.29 is 5.11 Å². The number of hydrogen-bond acceptors (Lipinski definition) is 6. The lowest BCUT2D eigenvalue weighted by Crippen LogP contribution is -2.39. The molecule has 2 aromatic rings. The molecule has 170 valence electrons. The Kier molecular flexibility index (Phi) is 5.10. The molecule has 2 atom stereocenters. The molecular formula is C27H31N5O. The van der Waals surface area contributed by atoms with Crippen molar-refractivity contribution in [2.75, 3.05) is 41.8 Å². The Balaban J connectivity index is 1.19. The van der Waals surface area contributed by atoms with Gasteiger partial charge in [-0.15, -0.1) is 0 Å². The molecule has 0 spiro atoms. The van der Waals surface area contributed by atoms with E-state index in [0.29, 0.717) is 5.92 Å². The molecule has 0 bridgehead atoms. The van der Waals surface area contributed by atoms with Gasteiger partial charge in [0.25, 0.3) is 0 Å². The second kappa shape index (κ2) is 8.27. The highest BCUT2D eigenvalue weighted by Gasteiger charge is 2.27. The fraction of sp³-hybridized carbons (Fsp3) is 0.370. The first kappa shape index (κ1) is 20.4. The number of nitrogens with zero attached hydrogens (tertiary/aromatic N) is 3. The number of aliphatic hydroxyl groups excluding tert-OH is 1. The fourth-order valence-electron chi connectivity index (χ4n) is 5.58. The molecule has 33 heavy (non-hydrogen) atoms. The van der Waals surface area contributed by atoms with Crippen molar-refractivity contribution in [1.29, 1.82) is 0 Å². The zero-order chi connectivity index (χ0) is 22.4. The van der Waals surface area contributed by atoms with Gasteiger partial charge in [-0.3, -0.25) is 4.98 Å². The molecule has 1 aromatic heterocycles. The van der Waals surface area contributed by atoms with Crippen molar-refractivity contribution in [3.63, 3.8) is 0 Å². The van der Waals surface area contributed by atoms with Gasteiger partial charge in [0.15, 0.2) is 0 Å². The second-order valence-electron chi connectivity index (χ2n) is 9.47. The molecule has 6 nitrogen and oxygen atoms in total. The Morgan fingerprint density at radius 3 is 3.09 bits per heavy atom. The number of pyridine rings is 1. The summed E-state index contributed by atoms with van der Waals surface area (Å²) in [6, 6.07) is 8.69. The van der Waals surface area contributed by atoms with Crippen LogP contribution in [0, 0.1) is 5.92 Å². The predicted molar refractivity (Wildman–Crippen MR) is 134 cm³/mol. The summed E-state index contributed by atoms with van der Waals surface area (Å²) in [5.41, 5.74) is 9.51. The molecule has 0 amide bonds. The highest BCUT2D eigenvalue weighted by atomic mass is 16.3. The van der Waals surface area contributed by atoms with Crippen LogP contribution in [0.15, 0.2) is 66.2 Å². The van der Waals surface area contributed by atoms with Gasteiger partial charge in [-0.05, 0) is 67.2 Å². The van der Waals surface area contributed by atoms with Crippen LogP contribution in [0.5, 0.6) is 0 Å². The van der Waals surface area contributed by atoms with Gasteiger partial charge in [-0.1, -0.05) is 12.2 Å². The Bertz CT molecular complexity index is 1170. The van der Waals surface area contributed by atoms with Crippen molar-refractivity contribution in [3.05, 3.63) is 77.4 Å². The molecule has 2 unspecified atom stereocenters. The minimum absolute atomic E-state index is 0.439. The van der Waals surface area contributed by atoms with Gasteiger partial charge in [0.05, 0.1) is 23.2 Å². The number of anilines is 4. The van der Waals surface area contributed by atoms with Gasteiger partial charge in [-0.2, -0.15) is 0 Å². The lowest BCUT2D eigenvalue weighted by Gasteiger charge is -2.37. The second-order valence-corrected chi connectivity index (χ2v) is 9.47. The van der Waals surface area contributed by atoms with Crippen molar-refractivity contribution in [2.24, 2.45) is 5.92 Å². The molecule has 6 heteroatoms. The van der Waals surface area contributed by atoms with Gasteiger partial charge in [0.1, 0.15) is 0 Å². The van der Waals surface area contributed by atoms with E-state index < -0.39 is 6.10 Å². The van der Waals surface area contributed by atoms with Crippen molar-refractivity contribution in [3.8, 4) is 0 Å². The summed E-state index contributed by atoms with van der Waals surface area (Å²) in [7, 11) is 2.18. The maximum absolute atomic E-state index is 10.2. The third-order valence-electron chi connectivity index (χ3n) is 7.49. The van der Waals surface area contributed by atoms with E-state index in [4.69, 9.17) is 0 Å². The third kappa shape index (κ3) is 3.68. The number of fused-ring (bicyclic) bond motifs is 3. The van der Waals surface area contributed by atoms with Gasteiger partial charge in [0, 0.05) is 62.1 Å². The van der Waals surface area contributed by atoms with E-state index >= 15 is 0 Å². The molecule has 0 saturated heterocycles. The van der Waals surface area contributed by atoms with Gasteiger partial charge in [0.2, 0.25) is 0 Å². The largest absolute Gasteiger partial charge is 0.387 e. The fourth-order valence-corrected chi connectivity index (χ4v) is 5.58. The third-order valence-corrected chi connectivity index (χ3v) is 7.49. The zero-order valence-corrected chi connectivity index (χ0v) is 19.1. The van der Waals surface area contributed by atoms with Crippen LogP contribution in [-0.4, -0.2) is 36.8 Å². The lowest BCUT2D eigenvalue weighted by atomic mass is 9.90. The predicted octanol–water partition coefficient (Wildman–Crippen LogP) is 4.40. The Hall–Kier alpha value is -3.25.